The summed E-state index contributed by atoms with van der Waals surface area (Å²) in [6.07, 6.45) is 1.31. The second kappa shape index (κ2) is 3.24. The molecule has 8 nitrogen and oxygen atoms in total. The fourth-order valence-electron chi connectivity index (χ4n) is 0.955. The van der Waals surface area contributed by atoms with Gasteiger partial charge in [0.1, 0.15) is 6.33 Å². The Morgan fingerprint density at radius 2 is 2.36 bits per heavy atom. The van der Waals surface area contributed by atoms with Crippen molar-refractivity contribution in [1.82, 2.24) is 30.6 Å². The second-order valence-corrected chi connectivity index (χ2v) is 2.35. The Hall–Kier alpha value is -2.25. The minimum absolute atomic E-state index is 0.0734. The van der Waals surface area contributed by atoms with Gasteiger partial charge in [-0.3, -0.25) is 5.10 Å². The number of hydrogen-bond donors (Lipinski definition) is 2. The molecule has 0 bridgehead atoms. The van der Waals surface area contributed by atoms with Crippen LogP contribution < -0.4 is 0 Å². The fraction of sp³-hybridized carbons (Fsp3) is 0.167. The van der Waals surface area contributed by atoms with E-state index >= 15 is 0 Å². The molecular weight excluding hydrogens is 188 g/mol. The molecule has 0 unspecified atom stereocenters. The maximum absolute atomic E-state index is 11.2. The van der Waals surface area contributed by atoms with Crippen molar-refractivity contribution in [3.63, 3.8) is 0 Å². The number of hydrogen-bond acceptors (Lipinski definition) is 6. The van der Waals surface area contributed by atoms with Gasteiger partial charge in [0.05, 0.1) is 7.11 Å². The van der Waals surface area contributed by atoms with Gasteiger partial charge in [0, 0.05) is 0 Å². The zero-order valence-electron chi connectivity index (χ0n) is 7.18. The highest BCUT2D eigenvalue weighted by molar-refractivity contribution is 5.92. The predicted molar refractivity (Wildman–Crippen MR) is 43.1 cm³/mol. The number of esters is 1. The van der Waals surface area contributed by atoms with Gasteiger partial charge < -0.3 is 4.74 Å². The zero-order chi connectivity index (χ0) is 9.97. The van der Waals surface area contributed by atoms with Gasteiger partial charge in [0.15, 0.2) is 11.5 Å². The molecule has 0 spiro atoms. The minimum Gasteiger partial charge on any atom is -0.464 e. The second-order valence-electron chi connectivity index (χ2n) is 2.35. The number of carbonyl (C=O) groups is 1. The van der Waals surface area contributed by atoms with Crippen LogP contribution in [0.5, 0.6) is 0 Å². The first-order valence-corrected chi connectivity index (χ1v) is 3.67. The number of nitrogens with one attached hydrogen (secondary N) is 2. The molecule has 2 aromatic heterocycles. The van der Waals surface area contributed by atoms with Crippen molar-refractivity contribution in [3.8, 4) is 11.5 Å². The molecule has 0 aliphatic rings. The van der Waals surface area contributed by atoms with E-state index < -0.39 is 5.97 Å². The van der Waals surface area contributed by atoms with E-state index in [9.17, 15) is 4.79 Å². The Labute approximate surface area is 77.7 Å². The highest BCUT2D eigenvalue weighted by atomic mass is 16.5. The van der Waals surface area contributed by atoms with Crippen LogP contribution in [0.4, 0.5) is 0 Å². The number of carbonyl (C=O) groups excluding carboxylic acids is 1. The van der Waals surface area contributed by atoms with Gasteiger partial charge in [-0.15, -0.1) is 5.10 Å². The van der Waals surface area contributed by atoms with Crippen molar-refractivity contribution in [3.05, 3.63) is 12.0 Å². The zero-order valence-corrected chi connectivity index (χ0v) is 7.18. The Kier molecular flexibility index (Phi) is 1.94. The van der Waals surface area contributed by atoms with Crippen LogP contribution in [0.1, 0.15) is 10.5 Å². The highest BCUT2D eigenvalue weighted by Gasteiger charge is 2.19. The van der Waals surface area contributed by atoms with Crippen molar-refractivity contribution in [2.45, 2.75) is 0 Å². The van der Waals surface area contributed by atoms with Crippen molar-refractivity contribution < 1.29 is 9.53 Å². The lowest BCUT2D eigenvalue weighted by atomic mass is 10.3. The highest BCUT2D eigenvalue weighted by Crippen LogP contribution is 2.13. The van der Waals surface area contributed by atoms with Gasteiger partial charge in [-0.25, -0.2) is 9.78 Å². The summed E-state index contributed by atoms with van der Waals surface area (Å²) in [5.41, 5.74) is 0.360. The fourth-order valence-corrected chi connectivity index (χ4v) is 0.955. The maximum atomic E-state index is 11.2. The van der Waals surface area contributed by atoms with Gasteiger partial charge in [-0.2, -0.15) is 15.4 Å². The Bertz CT molecular complexity index is 433. The molecule has 0 atom stereocenters. The lowest BCUT2D eigenvalue weighted by Crippen LogP contribution is -2.04. The summed E-state index contributed by atoms with van der Waals surface area (Å²) in [5.74, 6) is -0.218. The van der Waals surface area contributed by atoms with E-state index in [1.54, 1.807) is 0 Å². The van der Waals surface area contributed by atoms with Gasteiger partial charge >= 0.3 is 5.97 Å². The molecule has 0 saturated carbocycles. The lowest BCUT2D eigenvalue weighted by Gasteiger charge is -1.94. The van der Waals surface area contributed by atoms with Crippen molar-refractivity contribution >= 4 is 5.97 Å². The minimum atomic E-state index is -0.579. The lowest BCUT2D eigenvalue weighted by molar-refractivity contribution is 0.0595. The molecule has 2 heterocycles. The van der Waals surface area contributed by atoms with Crippen molar-refractivity contribution in [2.75, 3.05) is 7.11 Å². The average Bonchev–Trinajstić information content (AvgIpc) is 2.85. The molecule has 0 fully saturated rings. The monoisotopic (exact) mass is 194 g/mol. The number of ether oxygens (including phenoxy) is 1. The summed E-state index contributed by atoms with van der Waals surface area (Å²) in [7, 11) is 1.27. The van der Waals surface area contributed by atoms with Crippen LogP contribution in [0, 0.1) is 0 Å². The van der Waals surface area contributed by atoms with Gasteiger partial charge in [-0.1, -0.05) is 0 Å². The number of rotatable bonds is 2. The van der Waals surface area contributed by atoms with Crippen LogP contribution in [-0.4, -0.2) is 43.7 Å². The molecular formula is C6H6N6O2. The third kappa shape index (κ3) is 1.22. The number of nitrogens with zero attached hydrogens (tertiary/aromatic N) is 4. The van der Waals surface area contributed by atoms with E-state index in [-0.39, 0.29) is 11.4 Å². The van der Waals surface area contributed by atoms with E-state index in [0.717, 1.165) is 0 Å². The average molecular weight is 194 g/mol. The largest absolute Gasteiger partial charge is 0.464 e. The van der Waals surface area contributed by atoms with E-state index in [1.165, 1.54) is 13.4 Å². The Morgan fingerprint density at radius 3 is 3.00 bits per heavy atom. The SMILES string of the molecule is COC(=O)c1n[nH]nc1-c1ncn[nH]1. The van der Waals surface area contributed by atoms with Crippen LogP contribution in [-0.2, 0) is 4.74 Å². The molecule has 0 radical (unpaired) electrons. The number of methoxy groups -OCH3 is 1. The van der Waals surface area contributed by atoms with E-state index in [4.69, 9.17) is 0 Å². The van der Waals surface area contributed by atoms with Gasteiger partial charge in [-0.05, 0) is 0 Å². The summed E-state index contributed by atoms with van der Waals surface area (Å²) >= 11 is 0. The molecule has 0 saturated heterocycles. The predicted octanol–water partition coefficient (Wildman–Crippen LogP) is -0.624. The number of H-pyrrole nitrogens is 2. The maximum Gasteiger partial charge on any atom is 0.361 e. The summed E-state index contributed by atoms with van der Waals surface area (Å²) in [4.78, 5) is 15.0. The molecule has 2 aromatic rings. The quantitative estimate of drug-likeness (QED) is 0.616. The van der Waals surface area contributed by atoms with E-state index in [0.29, 0.717) is 5.82 Å². The summed E-state index contributed by atoms with van der Waals surface area (Å²) in [6, 6.07) is 0. The van der Waals surface area contributed by atoms with Crippen LogP contribution >= 0.6 is 0 Å². The first-order valence-electron chi connectivity index (χ1n) is 3.67. The van der Waals surface area contributed by atoms with Crippen LogP contribution in [0.15, 0.2) is 6.33 Å². The Morgan fingerprint density at radius 1 is 1.50 bits per heavy atom. The molecule has 14 heavy (non-hydrogen) atoms. The van der Waals surface area contributed by atoms with Crippen molar-refractivity contribution in [1.29, 1.82) is 0 Å². The normalized spacial score (nSPS) is 10.1. The number of aromatic amines is 2. The molecule has 72 valence electrons. The molecule has 2 rings (SSSR count). The molecule has 0 aliphatic carbocycles. The first kappa shape index (κ1) is 8.35. The Balaban J connectivity index is 2.45. The van der Waals surface area contributed by atoms with Crippen LogP contribution in [0.2, 0.25) is 0 Å². The van der Waals surface area contributed by atoms with E-state index in [1.807, 2.05) is 0 Å². The molecule has 2 N–H and O–H groups in total. The summed E-state index contributed by atoms with van der Waals surface area (Å²) in [5, 5.41) is 15.9. The van der Waals surface area contributed by atoms with Gasteiger partial charge in [0.25, 0.3) is 0 Å². The third-order valence-electron chi connectivity index (χ3n) is 1.57. The standard InChI is InChI=1S/C6H6N6O2/c1-14-6(13)4-3(9-12-10-4)5-7-2-8-11-5/h2H,1H3,(H,7,8,11)(H,9,10,12). The molecule has 8 heteroatoms. The molecule has 0 aromatic carbocycles. The third-order valence-corrected chi connectivity index (χ3v) is 1.57. The van der Waals surface area contributed by atoms with Crippen LogP contribution in [0.3, 0.4) is 0 Å². The smallest absolute Gasteiger partial charge is 0.361 e. The van der Waals surface area contributed by atoms with Crippen molar-refractivity contribution in [2.24, 2.45) is 0 Å². The number of aromatic nitrogens is 6. The van der Waals surface area contributed by atoms with Gasteiger partial charge in [0.2, 0.25) is 5.69 Å². The summed E-state index contributed by atoms with van der Waals surface area (Å²) in [6.45, 7) is 0. The molecule has 0 aliphatic heterocycles. The first-order chi connectivity index (χ1) is 6.83. The van der Waals surface area contributed by atoms with Crippen LogP contribution in [0.25, 0.3) is 11.5 Å². The molecule has 0 amide bonds. The topological polar surface area (TPSA) is 109 Å². The summed E-state index contributed by atoms with van der Waals surface area (Å²) < 4.78 is 4.51. The van der Waals surface area contributed by atoms with E-state index in [2.05, 4.69) is 35.3 Å².